The van der Waals surface area contributed by atoms with Crippen molar-refractivity contribution in [1.29, 1.82) is 0 Å². The summed E-state index contributed by atoms with van der Waals surface area (Å²) in [6.07, 6.45) is 1.98. The molecule has 0 aliphatic heterocycles. The third-order valence-corrected chi connectivity index (χ3v) is 2.50. The van der Waals surface area contributed by atoms with Crippen LogP contribution in [-0.4, -0.2) is 48.9 Å². The fourth-order valence-corrected chi connectivity index (χ4v) is 1.45. The van der Waals surface area contributed by atoms with E-state index in [1.807, 2.05) is 6.92 Å². The molecule has 1 aromatic heterocycles. The molecule has 0 saturated carbocycles. The summed E-state index contributed by atoms with van der Waals surface area (Å²) in [6, 6.07) is 3.44. The van der Waals surface area contributed by atoms with E-state index in [0.717, 1.165) is 5.69 Å². The van der Waals surface area contributed by atoms with Crippen LogP contribution >= 0.6 is 0 Å². The molecule has 1 rings (SSSR count). The van der Waals surface area contributed by atoms with Gasteiger partial charge in [0.05, 0.1) is 0 Å². The molecule has 19 heavy (non-hydrogen) atoms. The predicted molar refractivity (Wildman–Crippen MR) is 74.0 cm³/mol. The van der Waals surface area contributed by atoms with E-state index in [1.165, 1.54) is 0 Å². The molecule has 0 fully saturated rings. The van der Waals surface area contributed by atoms with Crippen LogP contribution in [0, 0.1) is 0 Å². The second kappa shape index (κ2) is 7.35. The van der Waals surface area contributed by atoms with E-state index in [2.05, 4.69) is 15.6 Å². The van der Waals surface area contributed by atoms with Gasteiger partial charge in [-0.25, -0.2) is 0 Å². The number of carbonyl (C=O) groups is 2. The molecule has 0 aliphatic rings. The lowest BCUT2D eigenvalue weighted by Gasteiger charge is -2.11. The first kappa shape index (κ1) is 14.9. The number of pyridine rings is 1. The van der Waals surface area contributed by atoms with Crippen molar-refractivity contribution in [3.63, 3.8) is 0 Å². The van der Waals surface area contributed by atoms with E-state index in [9.17, 15) is 9.59 Å². The number of amides is 2. The Morgan fingerprint density at radius 3 is 2.74 bits per heavy atom. The third-order valence-electron chi connectivity index (χ3n) is 2.50. The number of nitrogens with one attached hydrogen (secondary N) is 2. The number of rotatable bonds is 6. The van der Waals surface area contributed by atoms with Crippen LogP contribution in [0.3, 0.4) is 0 Å². The van der Waals surface area contributed by atoms with E-state index >= 15 is 0 Å². The number of carbonyl (C=O) groups excluding carboxylic acids is 2. The number of nitrogens with zero attached hydrogens (tertiary/aromatic N) is 2. The zero-order valence-electron chi connectivity index (χ0n) is 11.6. The van der Waals surface area contributed by atoms with Gasteiger partial charge < -0.3 is 15.5 Å². The second-order valence-corrected chi connectivity index (χ2v) is 4.25. The van der Waals surface area contributed by atoms with Crippen LogP contribution < -0.4 is 10.6 Å². The first-order chi connectivity index (χ1) is 9.04. The Hall–Kier alpha value is -2.11. The Bertz CT molecular complexity index is 446. The quantitative estimate of drug-likeness (QED) is 0.794. The fourth-order valence-electron chi connectivity index (χ4n) is 1.45. The predicted octanol–water partition coefficient (Wildman–Crippen LogP) is 0.721. The van der Waals surface area contributed by atoms with Gasteiger partial charge in [0.1, 0.15) is 5.69 Å². The van der Waals surface area contributed by atoms with Gasteiger partial charge in [0.25, 0.3) is 5.91 Å². The second-order valence-electron chi connectivity index (χ2n) is 4.25. The first-order valence-corrected chi connectivity index (χ1v) is 6.23. The Morgan fingerprint density at radius 1 is 1.37 bits per heavy atom. The third kappa shape index (κ3) is 4.95. The Labute approximate surface area is 113 Å². The number of hydrogen-bond acceptors (Lipinski definition) is 4. The van der Waals surface area contributed by atoms with Gasteiger partial charge in [0.2, 0.25) is 5.91 Å². The molecule has 0 atom stereocenters. The van der Waals surface area contributed by atoms with Crippen LogP contribution in [0.15, 0.2) is 18.3 Å². The minimum Gasteiger partial charge on any atom is -0.384 e. The molecule has 1 aromatic rings. The largest absolute Gasteiger partial charge is 0.384 e. The lowest BCUT2D eigenvalue weighted by Crippen LogP contribution is -2.24. The topological polar surface area (TPSA) is 74.3 Å². The minimum absolute atomic E-state index is 0.0607. The average molecular weight is 264 g/mol. The molecule has 1 heterocycles. The van der Waals surface area contributed by atoms with E-state index in [4.69, 9.17) is 0 Å². The molecule has 0 bridgehead atoms. The SMILES string of the molecule is CCNC(=O)c1cc(NCCC(=O)N(C)C)ccn1. The van der Waals surface area contributed by atoms with Gasteiger partial charge in [-0.1, -0.05) is 0 Å². The molecule has 0 aromatic carbocycles. The van der Waals surface area contributed by atoms with Crippen molar-refractivity contribution in [3.05, 3.63) is 24.0 Å². The van der Waals surface area contributed by atoms with Crippen LogP contribution in [0.4, 0.5) is 5.69 Å². The summed E-state index contributed by atoms with van der Waals surface area (Å²) < 4.78 is 0. The molecule has 6 heteroatoms. The first-order valence-electron chi connectivity index (χ1n) is 6.23. The Morgan fingerprint density at radius 2 is 2.11 bits per heavy atom. The maximum Gasteiger partial charge on any atom is 0.269 e. The molecule has 0 radical (unpaired) electrons. The summed E-state index contributed by atoms with van der Waals surface area (Å²) in [5.74, 6) is -0.138. The summed E-state index contributed by atoms with van der Waals surface area (Å²) in [4.78, 5) is 28.6. The fraction of sp³-hybridized carbons (Fsp3) is 0.462. The van der Waals surface area contributed by atoms with Crippen molar-refractivity contribution in [2.45, 2.75) is 13.3 Å². The van der Waals surface area contributed by atoms with Crippen molar-refractivity contribution in [3.8, 4) is 0 Å². The van der Waals surface area contributed by atoms with Crippen molar-refractivity contribution in [1.82, 2.24) is 15.2 Å². The molecule has 6 nitrogen and oxygen atoms in total. The van der Waals surface area contributed by atoms with Crippen molar-refractivity contribution in [2.75, 3.05) is 32.5 Å². The van der Waals surface area contributed by atoms with Gasteiger partial charge in [0.15, 0.2) is 0 Å². The Balaban J connectivity index is 2.53. The van der Waals surface area contributed by atoms with Crippen LogP contribution in [-0.2, 0) is 4.79 Å². The summed E-state index contributed by atoms with van der Waals surface area (Å²) >= 11 is 0. The molecular weight excluding hydrogens is 244 g/mol. The smallest absolute Gasteiger partial charge is 0.269 e. The van der Waals surface area contributed by atoms with Gasteiger partial charge in [-0.05, 0) is 19.1 Å². The number of hydrogen-bond donors (Lipinski definition) is 2. The highest BCUT2D eigenvalue weighted by Gasteiger charge is 2.07. The van der Waals surface area contributed by atoms with E-state index in [-0.39, 0.29) is 11.8 Å². The van der Waals surface area contributed by atoms with E-state index in [1.54, 1.807) is 37.3 Å². The highest BCUT2D eigenvalue weighted by atomic mass is 16.2. The molecule has 2 N–H and O–H groups in total. The van der Waals surface area contributed by atoms with E-state index < -0.39 is 0 Å². The summed E-state index contributed by atoms with van der Waals surface area (Å²) in [5, 5.41) is 5.79. The zero-order valence-corrected chi connectivity index (χ0v) is 11.6. The van der Waals surface area contributed by atoms with Gasteiger partial charge in [-0.15, -0.1) is 0 Å². The van der Waals surface area contributed by atoms with Gasteiger partial charge >= 0.3 is 0 Å². The van der Waals surface area contributed by atoms with Crippen molar-refractivity contribution in [2.24, 2.45) is 0 Å². The normalized spacial score (nSPS) is 9.84. The number of aromatic nitrogens is 1. The zero-order chi connectivity index (χ0) is 14.3. The summed E-state index contributed by atoms with van der Waals surface area (Å²) in [7, 11) is 3.45. The lowest BCUT2D eigenvalue weighted by molar-refractivity contribution is -0.128. The molecule has 2 amide bonds. The van der Waals surface area contributed by atoms with E-state index in [0.29, 0.717) is 25.2 Å². The number of anilines is 1. The maximum atomic E-state index is 11.6. The Kier molecular flexibility index (Phi) is 5.78. The highest BCUT2D eigenvalue weighted by Crippen LogP contribution is 2.08. The van der Waals surface area contributed by atoms with Crippen LogP contribution in [0.25, 0.3) is 0 Å². The minimum atomic E-state index is -0.199. The van der Waals surface area contributed by atoms with Crippen molar-refractivity contribution < 1.29 is 9.59 Å². The molecular formula is C13H20N4O2. The molecule has 0 aliphatic carbocycles. The lowest BCUT2D eigenvalue weighted by atomic mass is 10.3. The van der Waals surface area contributed by atoms with Gasteiger partial charge in [-0.3, -0.25) is 14.6 Å². The van der Waals surface area contributed by atoms with Gasteiger partial charge in [-0.2, -0.15) is 0 Å². The molecule has 0 saturated heterocycles. The molecule has 104 valence electrons. The monoisotopic (exact) mass is 264 g/mol. The van der Waals surface area contributed by atoms with Crippen molar-refractivity contribution >= 4 is 17.5 Å². The molecule has 0 spiro atoms. The van der Waals surface area contributed by atoms with Crippen LogP contribution in [0.1, 0.15) is 23.8 Å². The van der Waals surface area contributed by atoms with Gasteiger partial charge in [0, 0.05) is 45.5 Å². The van der Waals surface area contributed by atoms with Crippen LogP contribution in [0.5, 0.6) is 0 Å². The van der Waals surface area contributed by atoms with Crippen LogP contribution in [0.2, 0.25) is 0 Å². The molecule has 0 unspecified atom stereocenters. The average Bonchev–Trinajstić information content (AvgIpc) is 2.39. The maximum absolute atomic E-state index is 11.6. The standard InChI is InChI=1S/C13H20N4O2/c1-4-14-13(19)11-9-10(5-7-16-11)15-8-6-12(18)17(2)3/h5,7,9H,4,6,8H2,1-3H3,(H,14,19)(H,15,16). The summed E-state index contributed by atoms with van der Waals surface area (Å²) in [6.45, 7) is 2.94. The highest BCUT2D eigenvalue weighted by molar-refractivity contribution is 5.93. The summed E-state index contributed by atoms with van der Waals surface area (Å²) in [5.41, 5.74) is 1.15.